The number of carbonyl (C=O) groups excluding carboxylic acids is 1. The number of amides is 1. The maximum absolute atomic E-state index is 11.9. The third-order valence-corrected chi connectivity index (χ3v) is 2.64. The fourth-order valence-electron chi connectivity index (χ4n) is 1.68. The smallest absolute Gasteiger partial charge is 0.244 e. The van der Waals surface area contributed by atoms with Gasteiger partial charge >= 0.3 is 0 Å². The highest BCUT2D eigenvalue weighted by Crippen LogP contribution is 2.08. The quantitative estimate of drug-likeness (QED) is 0.680. The van der Waals surface area contributed by atoms with E-state index in [0.717, 1.165) is 6.42 Å². The van der Waals surface area contributed by atoms with Gasteiger partial charge in [-0.05, 0) is 16.8 Å². The fraction of sp³-hybridized carbons (Fsp3) is 0.778. The van der Waals surface area contributed by atoms with E-state index >= 15 is 0 Å². The van der Waals surface area contributed by atoms with Crippen molar-refractivity contribution in [2.75, 3.05) is 19.7 Å². The average molecular weight is 225 g/mol. The van der Waals surface area contributed by atoms with Crippen molar-refractivity contribution in [3.63, 3.8) is 0 Å². The van der Waals surface area contributed by atoms with Crippen molar-refractivity contribution in [3.8, 4) is 0 Å². The largest absolute Gasteiger partial charge is 0.375 e. The second-order valence-corrected chi connectivity index (χ2v) is 3.75. The molecular weight excluding hydrogens is 210 g/mol. The van der Waals surface area contributed by atoms with E-state index in [0.29, 0.717) is 19.7 Å². The summed E-state index contributed by atoms with van der Waals surface area (Å²) in [6.45, 7) is 4.18. The van der Waals surface area contributed by atoms with Crippen LogP contribution in [0.4, 0.5) is 0 Å². The molecule has 1 aliphatic rings. The molecule has 1 fully saturated rings. The van der Waals surface area contributed by atoms with E-state index in [-0.39, 0.29) is 18.6 Å². The van der Waals surface area contributed by atoms with Gasteiger partial charge in [-0.25, -0.2) is 4.68 Å². The van der Waals surface area contributed by atoms with Crippen molar-refractivity contribution in [1.82, 2.24) is 25.1 Å². The Hall–Kier alpha value is -1.50. The highest BCUT2D eigenvalue weighted by molar-refractivity contribution is 5.75. The van der Waals surface area contributed by atoms with Crippen molar-refractivity contribution >= 4 is 5.91 Å². The summed E-state index contributed by atoms with van der Waals surface area (Å²) in [5.74, 6) is 0.0362. The molecule has 1 amide bonds. The first-order valence-corrected chi connectivity index (χ1v) is 5.39. The van der Waals surface area contributed by atoms with E-state index in [9.17, 15) is 4.79 Å². The minimum Gasteiger partial charge on any atom is -0.375 e. The van der Waals surface area contributed by atoms with Crippen LogP contribution in [0.25, 0.3) is 0 Å². The monoisotopic (exact) mass is 225 g/mol. The first kappa shape index (κ1) is 11.0. The van der Waals surface area contributed by atoms with Crippen LogP contribution < -0.4 is 0 Å². The van der Waals surface area contributed by atoms with Crippen molar-refractivity contribution < 1.29 is 9.53 Å². The van der Waals surface area contributed by atoms with Gasteiger partial charge in [-0.3, -0.25) is 4.79 Å². The summed E-state index contributed by atoms with van der Waals surface area (Å²) in [6.07, 6.45) is 2.52. The number of aromatic nitrogens is 4. The Morgan fingerprint density at radius 2 is 2.50 bits per heavy atom. The third-order valence-electron chi connectivity index (χ3n) is 2.64. The lowest BCUT2D eigenvalue weighted by Gasteiger charge is -2.32. The molecule has 2 heterocycles. The maximum atomic E-state index is 11.9. The van der Waals surface area contributed by atoms with Crippen LogP contribution in [0.2, 0.25) is 0 Å². The molecule has 0 saturated carbocycles. The normalized spacial score (nSPS) is 21.1. The predicted octanol–water partition coefficient (Wildman–Crippen LogP) is -0.689. The van der Waals surface area contributed by atoms with Crippen LogP contribution in [0.5, 0.6) is 0 Å². The summed E-state index contributed by atoms with van der Waals surface area (Å²) < 4.78 is 6.93. The maximum Gasteiger partial charge on any atom is 0.244 e. The van der Waals surface area contributed by atoms with Gasteiger partial charge in [0, 0.05) is 13.1 Å². The van der Waals surface area contributed by atoms with Crippen LogP contribution in [-0.2, 0) is 16.1 Å². The van der Waals surface area contributed by atoms with E-state index < -0.39 is 0 Å². The molecular formula is C9H15N5O2. The lowest BCUT2D eigenvalue weighted by atomic mass is 10.2. The van der Waals surface area contributed by atoms with Crippen LogP contribution in [0.1, 0.15) is 13.3 Å². The molecule has 7 nitrogen and oxygen atoms in total. The average Bonchev–Trinajstić information content (AvgIpc) is 2.82. The van der Waals surface area contributed by atoms with Crippen LogP contribution in [-0.4, -0.2) is 56.8 Å². The van der Waals surface area contributed by atoms with Crippen molar-refractivity contribution in [3.05, 3.63) is 6.33 Å². The van der Waals surface area contributed by atoms with Crippen molar-refractivity contribution in [2.24, 2.45) is 0 Å². The summed E-state index contributed by atoms with van der Waals surface area (Å²) in [4.78, 5) is 13.7. The first-order chi connectivity index (χ1) is 7.79. The summed E-state index contributed by atoms with van der Waals surface area (Å²) in [6, 6.07) is 0. The minimum absolute atomic E-state index is 0.0362. The van der Waals surface area contributed by atoms with Gasteiger partial charge in [0.2, 0.25) is 5.91 Å². The van der Waals surface area contributed by atoms with Crippen molar-refractivity contribution in [1.29, 1.82) is 0 Å². The number of carbonyl (C=O) groups is 1. The van der Waals surface area contributed by atoms with Crippen LogP contribution in [0.3, 0.4) is 0 Å². The molecule has 0 radical (unpaired) electrons. The van der Waals surface area contributed by atoms with Gasteiger partial charge in [-0.1, -0.05) is 6.92 Å². The Morgan fingerprint density at radius 1 is 1.62 bits per heavy atom. The molecule has 0 spiro atoms. The third kappa shape index (κ3) is 2.54. The van der Waals surface area contributed by atoms with E-state index in [1.54, 1.807) is 4.90 Å². The molecule has 0 aromatic carbocycles. The summed E-state index contributed by atoms with van der Waals surface area (Å²) in [7, 11) is 0. The zero-order chi connectivity index (χ0) is 11.4. The molecule has 1 atom stereocenters. The zero-order valence-electron chi connectivity index (χ0n) is 9.24. The standard InChI is InChI=1S/C9H15N5O2/c1-2-8-5-13(3-4-16-8)9(15)6-14-7-10-11-12-14/h7-8H,2-6H2,1H3. The van der Waals surface area contributed by atoms with E-state index in [4.69, 9.17) is 4.74 Å². The lowest BCUT2D eigenvalue weighted by Crippen LogP contribution is -2.46. The number of rotatable bonds is 3. The molecule has 16 heavy (non-hydrogen) atoms. The van der Waals surface area contributed by atoms with Gasteiger partial charge in [0.25, 0.3) is 0 Å². The Morgan fingerprint density at radius 3 is 3.19 bits per heavy atom. The van der Waals surface area contributed by atoms with E-state index in [1.807, 2.05) is 0 Å². The fourth-order valence-corrected chi connectivity index (χ4v) is 1.68. The summed E-state index contributed by atoms with van der Waals surface area (Å²) in [5.41, 5.74) is 0. The number of nitrogens with zero attached hydrogens (tertiary/aromatic N) is 5. The highest BCUT2D eigenvalue weighted by Gasteiger charge is 2.23. The molecule has 1 saturated heterocycles. The Balaban J connectivity index is 1.89. The number of hydrogen-bond acceptors (Lipinski definition) is 5. The van der Waals surface area contributed by atoms with Gasteiger partial charge < -0.3 is 9.64 Å². The number of tetrazole rings is 1. The molecule has 88 valence electrons. The van der Waals surface area contributed by atoms with Gasteiger partial charge in [0.15, 0.2) is 0 Å². The SMILES string of the molecule is CCC1CN(C(=O)Cn2cnnn2)CCO1. The first-order valence-electron chi connectivity index (χ1n) is 5.39. The number of ether oxygens (including phenoxy) is 1. The van der Waals surface area contributed by atoms with E-state index in [1.165, 1.54) is 11.0 Å². The molecule has 0 aliphatic carbocycles. The summed E-state index contributed by atoms with van der Waals surface area (Å²) in [5, 5.41) is 10.6. The predicted molar refractivity (Wildman–Crippen MR) is 54.4 cm³/mol. The van der Waals surface area contributed by atoms with Crippen LogP contribution in [0, 0.1) is 0 Å². The molecule has 0 bridgehead atoms. The van der Waals surface area contributed by atoms with Crippen LogP contribution in [0.15, 0.2) is 6.33 Å². The van der Waals surface area contributed by atoms with Gasteiger partial charge in [-0.15, -0.1) is 5.10 Å². The Labute approximate surface area is 93.4 Å². The molecule has 1 unspecified atom stereocenters. The van der Waals surface area contributed by atoms with Gasteiger partial charge in [0.05, 0.1) is 12.7 Å². The highest BCUT2D eigenvalue weighted by atomic mass is 16.5. The van der Waals surface area contributed by atoms with E-state index in [2.05, 4.69) is 22.4 Å². The molecule has 1 aliphatic heterocycles. The molecule has 0 N–H and O–H groups in total. The molecule has 1 aromatic rings. The second-order valence-electron chi connectivity index (χ2n) is 3.75. The van der Waals surface area contributed by atoms with Gasteiger partial charge in [-0.2, -0.15) is 0 Å². The molecule has 2 rings (SSSR count). The zero-order valence-corrected chi connectivity index (χ0v) is 9.24. The summed E-state index contributed by atoms with van der Waals surface area (Å²) >= 11 is 0. The Bertz CT molecular complexity index is 340. The Kier molecular flexibility index (Phi) is 3.45. The second kappa shape index (κ2) is 5.02. The molecule has 7 heteroatoms. The number of morpholine rings is 1. The van der Waals surface area contributed by atoms with Crippen LogP contribution >= 0.6 is 0 Å². The topological polar surface area (TPSA) is 73.1 Å². The van der Waals surface area contributed by atoms with Gasteiger partial charge in [0.1, 0.15) is 12.9 Å². The lowest BCUT2D eigenvalue weighted by molar-refractivity contribution is -0.139. The number of hydrogen-bond donors (Lipinski definition) is 0. The minimum atomic E-state index is 0.0362. The van der Waals surface area contributed by atoms with Crippen molar-refractivity contribution in [2.45, 2.75) is 26.0 Å². The molecule has 1 aromatic heterocycles.